The molecule has 0 radical (unpaired) electrons. The van der Waals surface area contributed by atoms with Gasteiger partial charge in [-0.05, 0) is 46.9 Å². The molecule has 0 aliphatic carbocycles. The lowest BCUT2D eigenvalue weighted by Gasteiger charge is -2.13. The minimum absolute atomic E-state index is 0.128. The van der Waals surface area contributed by atoms with Crippen LogP contribution in [0.1, 0.15) is 11.1 Å². The van der Waals surface area contributed by atoms with Crippen molar-refractivity contribution in [2.75, 3.05) is 0 Å². The molecular weight excluding hydrogens is 244 g/mol. The van der Waals surface area contributed by atoms with Gasteiger partial charge in [0, 0.05) is 18.4 Å². The molecule has 1 unspecified atom stereocenters. The summed E-state index contributed by atoms with van der Waals surface area (Å²) >= 11 is 0. The maximum Gasteiger partial charge on any atom is 0.0270 e. The SMILES string of the molecule is NC(Cc1ccncc1)Cc1cccc2ccccc12. The van der Waals surface area contributed by atoms with Crippen LogP contribution in [0.4, 0.5) is 0 Å². The minimum atomic E-state index is 0.128. The van der Waals surface area contributed by atoms with Crippen LogP contribution in [0.25, 0.3) is 10.8 Å². The molecule has 0 saturated carbocycles. The number of rotatable bonds is 4. The van der Waals surface area contributed by atoms with Gasteiger partial charge < -0.3 is 5.73 Å². The average molecular weight is 262 g/mol. The quantitative estimate of drug-likeness (QED) is 0.783. The van der Waals surface area contributed by atoms with E-state index >= 15 is 0 Å². The lowest BCUT2D eigenvalue weighted by atomic mass is 9.96. The van der Waals surface area contributed by atoms with Crippen LogP contribution in [0.3, 0.4) is 0 Å². The zero-order valence-corrected chi connectivity index (χ0v) is 11.4. The van der Waals surface area contributed by atoms with E-state index in [0.29, 0.717) is 0 Å². The molecule has 3 rings (SSSR count). The summed E-state index contributed by atoms with van der Waals surface area (Å²) in [6.07, 6.45) is 5.41. The summed E-state index contributed by atoms with van der Waals surface area (Å²) in [7, 11) is 0. The van der Waals surface area contributed by atoms with Gasteiger partial charge in [0.2, 0.25) is 0 Å². The number of nitrogens with zero attached hydrogens (tertiary/aromatic N) is 1. The molecule has 1 aromatic heterocycles. The molecule has 1 atom stereocenters. The predicted molar refractivity (Wildman–Crippen MR) is 83.6 cm³/mol. The first-order valence-electron chi connectivity index (χ1n) is 6.94. The summed E-state index contributed by atoms with van der Waals surface area (Å²) in [5.41, 5.74) is 8.88. The van der Waals surface area contributed by atoms with Crippen LogP contribution in [-0.2, 0) is 12.8 Å². The molecule has 0 fully saturated rings. The van der Waals surface area contributed by atoms with Crippen molar-refractivity contribution in [3.8, 4) is 0 Å². The Morgan fingerprint density at radius 3 is 2.45 bits per heavy atom. The lowest BCUT2D eigenvalue weighted by Crippen LogP contribution is -2.25. The fourth-order valence-electron chi connectivity index (χ4n) is 2.65. The summed E-state index contributed by atoms with van der Waals surface area (Å²) in [5, 5.41) is 2.58. The Morgan fingerprint density at radius 1 is 0.850 bits per heavy atom. The molecular formula is C18H18N2. The third kappa shape index (κ3) is 2.86. The van der Waals surface area contributed by atoms with Gasteiger partial charge in [-0.2, -0.15) is 0 Å². The topological polar surface area (TPSA) is 38.9 Å². The van der Waals surface area contributed by atoms with Crippen molar-refractivity contribution < 1.29 is 0 Å². The number of aromatic nitrogens is 1. The average Bonchev–Trinajstić information content (AvgIpc) is 2.48. The Hall–Kier alpha value is -2.19. The fourth-order valence-corrected chi connectivity index (χ4v) is 2.65. The summed E-state index contributed by atoms with van der Waals surface area (Å²) in [6, 6.07) is 19.1. The molecule has 0 bridgehead atoms. The smallest absolute Gasteiger partial charge is 0.0270 e. The molecule has 3 aromatic rings. The first-order valence-corrected chi connectivity index (χ1v) is 6.94. The summed E-state index contributed by atoms with van der Waals surface area (Å²) in [6.45, 7) is 0. The Morgan fingerprint density at radius 2 is 1.60 bits per heavy atom. The molecule has 0 amide bonds. The number of benzene rings is 2. The second-order valence-electron chi connectivity index (χ2n) is 5.16. The van der Waals surface area contributed by atoms with Crippen LogP contribution in [0.15, 0.2) is 67.0 Å². The lowest BCUT2D eigenvalue weighted by molar-refractivity contribution is 0.667. The van der Waals surface area contributed by atoms with Crippen molar-refractivity contribution >= 4 is 10.8 Å². The first-order chi connectivity index (χ1) is 9.83. The molecule has 100 valence electrons. The maximum absolute atomic E-state index is 6.31. The van der Waals surface area contributed by atoms with Crippen LogP contribution in [-0.4, -0.2) is 11.0 Å². The van der Waals surface area contributed by atoms with Gasteiger partial charge in [-0.15, -0.1) is 0 Å². The van der Waals surface area contributed by atoms with Gasteiger partial charge in [-0.25, -0.2) is 0 Å². The van der Waals surface area contributed by atoms with E-state index in [4.69, 9.17) is 5.73 Å². The first kappa shape index (κ1) is 12.8. The highest BCUT2D eigenvalue weighted by molar-refractivity contribution is 5.85. The Bertz CT molecular complexity index is 687. The highest BCUT2D eigenvalue weighted by Gasteiger charge is 2.08. The zero-order chi connectivity index (χ0) is 13.8. The van der Waals surface area contributed by atoms with Crippen molar-refractivity contribution in [1.82, 2.24) is 4.98 Å². The van der Waals surface area contributed by atoms with Crippen molar-refractivity contribution in [2.24, 2.45) is 5.73 Å². The van der Waals surface area contributed by atoms with Crippen LogP contribution in [0.5, 0.6) is 0 Å². The second-order valence-corrected chi connectivity index (χ2v) is 5.16. The highest BCUT2D eigenvalue weighted by atomic mass is 14.6. The number of nitrogens with two attached hydrogens (primary N) is 1. The Kier molecular flexibility index (Phi) is 3.75. The number of pyridine rings is 1. The number of hydrogen-bond donors (Lipinski definition) is 1. The molecule has 2 aromatic carbocycles. The summed E-state index contributed by atoms with van der Waals surface area (Å²) in [5.74, 6) is 0. The molecule has 2 N–H and O–H groups in total. The van der Waals surface area contributed by atoms with E-state index in [1.807, 2.05) is 24.5 Å². The molecule has 0 aliphatic rings. The summed E-state index contributed by atoms with van der Waals surface area (Å²) in [4.78, 5) is 4.04. The van der Waals surface area contributed by atoms with Crippen molar-refractivity contribution in [3.05, 3.63) is 78.1 Å². The van der Waals surface area contributed by atoms with E-state index in [9.17, 15) is 0 Å². The van der Waals surface area contributed by atoms with Crippen molar-refractivity contribution in [2.45, 2.75) is 18.9 Å². The van der Waals surface area contributed by atoms with Gasteiger partial charge in [0.25, 0.3) is 0 Å². The van der Waals surface area contributed by atoms with Gasteiger partial charge in [-0.3, -0.25) is 4.98 Å². The van der Waals surface area contributed by atoms with Crippen LogP contribution in [0.2, 0.25) is 0 Å². The fraction of sp³-hybridized carbons (Fsp3) is 0.167. The molecule has 2 nitrogen and oxygen atoms in total. The molecule has 0 spiro atoms. The van der Waals surface area contributed by atoms with Gasteiger partial charge in [-0.1, -0.05) is 42.5 Å². The number of hydrogen-bond acceptors (Lipinski definition) is 2. The zero-order valence-electron chi connectivity index (χ0n) is 11.4. The normalized spacial score (nSPS) is 12.4. The van der Waals surface area contributed by atoms with Gasteiger partial charge >= 0.3 is 0 Å². The minimum Gasteiger partial charge on any atom is -0.327 e. The largest absolute Gasteiger partial charge is 0.327 e. The van der Waals surface area contributed by atoms with E-state index in [-0.39, 0.29) is 6.04 Å². The van der Waals surface area contributed by atoms with Gasteiger partial charge in [0.1, 0.15) is 0 Å². The molecule has 2 heteroatoms. The van der Waals surface area contributed by atoms with Crippen molar-refractivity contribution in [1.29, 1.82) is 0 Å². The number of fused-ring (bicyclic) bond motifs is 1. The van der Waals surface area contributed by atoms with E-state index in [1.54, 1.807) is 0 Å². The third-order valence-corrected chi connectivity index (χ3v) is 3.61. The molecule has 20 heavy (non-hydrogen) atoms. The van der Waals surface area contributed by atoms with Gasteiger partial charge in [0.15, 0.2) is 0 Å². The molecule has 0 aliphatic heterocycles. The standard InChI is InChI=1S/C18H18N2/c19-17(12-14-8-10-20-11-9-14)13-16-6-3-5-15-4-1-2-7-18(15)16/h1-11,17H,12-13,19H2. The van der Waals surface area contributed by atoms with Gasteiger partial charge in [0.05, 0.1) is 0 Å². The van der Waals surface area contributed by atoms with Crippen molar-refractivity contribution in [3.63, 3.8) is 0 Å². The summed E-state index contributed by atoms with van der Waals surface area (Å²) < 4.78 is 0. The van der Waals surface area contributed by atoms with E-state index in [2.05, 4.69) is 47.4 Å². The third-order valence-electron chi connectivity index (χ3n) is 3.61. The van der Waals surface area contributed by atoms with Crippen LogP contribution < -0.4 is 5.73 Å². The van der Waals surface area contributed by atoms with Crippen LogP contribution >= 0.6 is 0 Å². The maximum atomic E-state index is 6.31. The molecule has 1 heterocycles. The van der Waals surface area contributed by atoms with Crippen LogP contribution in [0, 0.1) is 0 Å². The predicted octanol–water partition coefficient (Wildman–Crippen LogP) is 3.35. The Labute approximate surface area is 119 Å². The monoisotopic (exact) mass is 262 g/mol. The van der Waals surface area contributed by atoms with E-state index in [0.717, 1.165) is 12.8 Å². The molecule has 0 saturated heterocycles. The van der Waals surface area contributed by atoms with E-state index in [1.165, 1.54) is 21.9 Å². The highest BCUT2D eigenvalue weighted by Crippen LogP contribution is 2.20. The van der Waals surface area contributed by atoms with E-state index < -0.39 is 0 Å². The second kappa shape index (κ2) is 5.85. The Balaban J connectivity index is 1.79.